The fraction of sp³-hybridized carbons (Fsp3) is 0.125. The van der Waals surface area contributed by atoms with Crippen LogP contribution in [0, 0.1) is 5.82 Å². The maximum Gasteiger partial charge on any atom is 0.165 e. The van der Waals surface area contributed by atoms with Crippen molar-refractivity contribution >= 4 is 17.3 Å². The van der Waals surface area contributed by atoms with Crippen molar-refractivity contribution in [3.8, 4) is 5.75 Å². The summed E-state index contributed by atoms with van der Waals surface area (Å²) in [5.41, 5.74) is 2.05. The molecule has 2 aromatic heterocycles. The van der Waals surface area contributed by atoms with E-state index >= 15 is 0 Å². The number of ether oxygens (including phenoxy) is 1. The zero-order valence-electron chi connectivity index (χ0n) is 11.4. The number of methoxy groups -OCH3 is 1. The fourth-order valence-corrected chi connectivity index (χ4v) is 2.37. The molecule has 0 atom stereocenters. The molecule has 0 saturated carbocycles. The normalized spacial score (nSPS) is 10.8. The molecule has 0 bridgehead atoms. The average molecular weight is 284 g/mol. The highest BCUT2D eigenvalue weighted by atomic mass is 19.1. The summed E-state index contributed by atoms with van der Waals surface area (Å²) in [6.07, 6.45) is 4.20. The molecule has 0 unspecified atom stereocenters. The molecule has 2 heterocycles. The van der Waals surface area contributed by atoms with Crippen LogP contribution >= 0.6 is 0 Å². The number of carbonyl (C=O) groups is 1. The molecule has 3 aromatic rings. The first-order valence-corrected chi connectivity index (χ1v) is 6.44. The first-order chi connectivity index (χ1) is 10.2. The van der Waals surface area contributed by atoms with Crippen molar-refractivity contribution < 1.29 is 13.9 Å². The second-order valence-electron chi connectivity index (χ2n) is 4.67. The largest absolute Gasteiger partial charge is 0.494 e. The summed E-state index contributed by atoms with van der Waals surface area (Å²) < 4.78 is 20.5. The molecular weight excluding hydrogens is 271 g/mol. The number of hydrogen-bond acceptors (Lipinski definition) is 3. The Bertz CT molecular complexity index is 811. The van der Waals surface area contributed by atoms with E-state index in [1.807, 2.05) is 10.6 Å². The van der Waals surface area contributed by atoms with Crippen molar-refractivity contribution in [2.45, 2.75) is 6.54 Å². The lowest BCUT2D eigenvalue weighted by Crippen LogP contribution is -2.00. The van der Waals surface area contributed by atoms with Gasteiger partial charge in [0.25, 0.3) is 0 Å². The number of nitrogens with zero attached hydrogens (tertiary/aromatic N) is 2. The Morgan fingerprint density at radius 3 is 2.95 bits per heavy atom. The van der Waals surface area contributed by atoms with E-state index in [4.69, 9.17) is 4.74 Å². The number of benzene rings is 1. The first-order valence-electron chi connectivity index (χ1n) is 6.44. The van der Waals surface area contributed by atoms with Crippen LogP contribution in [0.3, 0.4) is 0 Å². The topological polar surface area (TPSA) is 44.1 Å². The molecule has 0 saturated heterocycles. The quantitative estimate of drug-likeness (QED) is 0.692. The number of aromatic nitrogens is 2. The Labute approximate surface area is 120 Å². The molecule has 0 aliphatic rings. The van der Waals surface area contributed by atoms with Gasteiger partial charge in [-0.25, -0.2) is 9.37 Å². The zero-order chi connectivity index (χ0) is 14.8. The molecule has 0 aliphatic carbocycles. The molecule has 5 heteroatoms. The Morgan fingerprint density at radius 1 is 1.38 bits per heavy atom. The Hall–Kier alpha value is -2.69. The van der Waals surface area contributed by atoms with Crippen LogP contribution in [0.5, 0.6) is 5.75 Å². The molecule has 106 valence electrons. The highest BCUT2D eigenvalue weighted by Gasteiger charge is 2.10. The monoisotopic (exact) mass is 284 g/mol. The van der Waals surface area contributed by atoms with Gasteiger partial charge in [-0.05, 0) is 29.8 Å². The van der Waals surface area contributed by atoms with Gasteiger partial charge in [0.2, 0.25) is 0 Å². The third kappa shape index (κ3) is 2.38. The summed E-state index contributed by atoms with van der Waals surface area (Å²) in [7, 11) is 1.43. The van der Waals surface area contributed by atoms with Gasteiger partial charge in [0.15, 0.2) is 17.9 Å². The third-order valence-corrected chi connectivity index (χ3v) is 3.36. The van der Waals surface area contributed by atoms with Crippen LogP contribution in [0.15, 0.2) is 42.7 Å². The Kier molecular flexibility index (Phi) is 3.39. The highest BCUT2D eigenvalue weighted by Crippen LogP contribution is 2.22. The summed E-state index contributed by atoms with van der Waals surface area (Å²) >= 11 is 0. The van der Waals surface area contributed by atoms with Gasteiger partial charge in [-0.1, -0.05) is 6.07 Å². The van der Waals surface area contributed by atoms with Gasteiger partial charge in [-0.3, -0.25) is 4.79 Å². The molecule has 0 spiro atoms. The number of rotatable bonds is 4. The van der Waals surface area contributed by atoms with E-state index < -0.39 is 5.82 Å². The standard InChI is InChI=1S/C16H13FN2O2/c1-21-15-5-4-11(7-14(15)17)8-19-9-12(10-20)13-3-2-6-18-16(13)19/h2-7,9-10H,8H2,1H3. The van der Waals surface area contributed by atoms with Crippen molar-refractivity contribution in [1.82, 2.24) is 9.55 Å². The minimum atomic E-state index is -0.407. The summed E-state index contributed by atoms with van der Waals surface area (Å²) in [6.45, 7) is 0.433. The van der Waals surface area contributed by atoms with Gasteiger partial charge in [0.1, 0.15) is 5.65 Å². The van der Waals surface area contributed by atoms with Gasteiger partial charge < -0.3 is 9.30 Å². The van der Waals surface area contributed by atoms with Crippen LogP contribution < -0.4 is 4.74 Å². The predicted octanol–water partition coefficient (Wildman–Crippen LogP) is 3.04. The molecule has 3 rings (SSSR count). The lowest BCUT2D eigenvalue weighted by Gasteiger charge is -2.07. The number of pyridine rings is 1. The molecule has 1 aromatic carbocycles. The average Bonchev–Trinajstić information content (AvgIpc) is 2.86. The van der Waals surface area contributed by atoms with E-state index in [9.17, 15) is 9.18 Å². The summed E-state index contributed by atoms with van der Waals surface area (Å²) in [5, 5.41) is 0.793. The summed E-state index contributed by atoms with van der Waals surface area (Å²) in [5.74, 6) is -0.196. The van der Waals surface area contributed by atoms with E-state index in [1.54, 1.807) is 30.6 Å². The third-order valence-electron chi connectivity index (χ3n) is 3.36. The van der Waals surface area contributed by atoms with E-state index in [0.29, 0.717) is 17.8 Å². The van der Waals surface area contributed by atoms with Crippen LogP contribution in [0.4, 0.5) is 4.39 Å². The van der Waals surface area contributed by atoms with E-state index in [0.717, 1.165) is 17.2 Å². The van der Waals surface area contributed by atoms with Gasteiger partial charge in [-0.15, -0.1) is 0 Å². The zero-order valence-corrected chi connectivity index (χ0v) is 11.4. The number of halogens is 1. The number of hydrogen-bond donors (Lipinski definition) is 0. The summed E-state index contributed by atoms with van der Waals surface area (Å²) in [6, 6.07) is 8.43. The SMILES string of the molecule is COc1ccc(Cn2cc(C=O)c3cccnc32)cc1F. The van der Waals surface area contributed by atoms with Crippen LogP contribution in [0.2, 0.25) is 0 Å². The van der Waals surface area contributed by atoms with Crippen LogP contribution in [-0.4, -0.2) is 22.9 Å². The fourth-order valence-electron chi connectivity index (χ4n) is 2.37. The van der Waals surface area contributed by atoms with Gasteiger partial charge in [-0.2, -0.15) is 0 Å². The predicted molar refractivity (Wildman–Crippen MR) is 77.2 cm³/mol. The second kappa shape index (κ2) is 5.36. The highest BCUT2D eigenvalue weighted by molar-refractivity contribution is 5.95. The van der Waals surface area contributed by atoms with Crippen LogP contribution in [0.1, 0.15) is 15.9 Å². The molecule has 4 nitrogen and oxygen atoms in total. The minimum Gasteiger partial charge on any atom is -0.494 e. The van der Waals surface area contributed by atoms with E-state index in [2.05, 4.69) is 4.98 Å². The smallest absolute Gasteiger partial charge is 0.165 e. The minimum absolute atomic E-state index is 0.211. The van der Waals surface area contributed by atoms with Gasteiger partial charge >= 0.3 is 0 Å². The van der Waals surface area contributed by atoms with E-state index in [1.165, 1.54) is 13.2 Å². The van der Waals surface area contributed by atoms with E-state index in [-0.39, 0.29) is 5.75 Å². The maximum absolute atomic E-state index is 13.7. The lowest BCUT2D eigenvalue weighted by molar-refractivity contribution is 0.112. The van der Waals surface area contributed by atoms with Crippen molar-refractivity contribution in [1.29, 1.82) is 0 Å². The van der Waals surface area contributed by atoms with Crippen molar-refractivity contribution in [3.05, 3.63) is 59.7 Å². The molecular formula is C16H13FN2O2. The molecule has 21 heavy (non-hydrogen) atoms. The molecule has 0 fully saturated rings. The van der Waals surface area contributed by atoms with Gasteiger partial charge in [0, 0.05) is 29.9 Å². The van der Waals surface area contributed by atoms with Crippen molar-refractivity contribution in [3.63, 3.8) is 0 Å². The van der Waals surface area contributed by atoms with Gasteiger partial charge in [0.05, 0.1) is 7.11 Å². The Balaban J connectivity index is 2.02. The summed E-state index contributed by atoms with van der Waals surface area (Å²) in [4.78, 5) is 15.4. The second-order valence-corrected chi connectivity index (χ2v) is 4.67. The number of carbonyl (C=O) groups excluding carboxylic acids is 1. The van der Waals surface area contributed by atoms with Crippen molar-refractivity contribution in [2.24, 2.45) is 0 Å². The first kappa shape index (κ1) is 13.3. The van der Waals surface area contributed by atoms with Crippen molar-refractivity contribution in [2.75, 3.05) is 7.11 Å². The molecule has 0 radical (unpaired) electrons. The maximum atomic E-state index is 13.7. The number of fused-ring (bicyclic) bond motifs is 1. The van der Waals surface area contributed by atoms with Crippen LogP contribution in [-0.2, 0) is 6.54 Å². The van der Waals surface area contributed by atoms with Crippen LogP contribution in [0.25, 0.3) is 11.0 Å². The lowest BCUT2D eigenvalue weighted by atomic mass is 10.2. The molecule has 0 amide bonds. The molecule has 0 aliphatic heterocycles. The number of aldehydes is 1. The molecule has 0 N–H and O–H groups in total. The Morgan fingerprint density at radius 2 is 2.24 bits per heavy atom.